The summed E-state index contributed by atoms with van der Waals surface area (Å²) in [7, 11) is 3.75. The zero-order valence-corrected chi connectivity index (χ0v) is 16.9. The molecule has 3 rings (SSSR count). The van der Waals surface area contributed by atoms with Crippen LogP contribution in [0.25, 0.3) is 0 Å². The third-order valence-electron chi connectivity index (χ3n) is 3.80. The fraction of sp³-hybridized carbons (Fsp3) is 0.333. The van der Waals surface area contributed by atoms with Gasteiger partial charge in [0.25, 0.3) is 0 Å². The zero-order chi connectivity index (χ0) is 20.8. The van der Waals surface area contributed by atoms with Crippen LogP contribution in [-0.4, -0.2) is 62.8 Å². The number of anilines is 2. The molecule has 29 heavy (non-hydrogen) atoms. The maximum atomic E-state index is 13.3. The van der Waals surface area contributed by atoms with Gasteiger partial charge in [0.05, 0.1) is 24.5 Å². The van der Waals surface area contributed by atoms with Crippen LogP contribution in [0, 0.1) is 5.82 Å². The van der Waals surface area contributed by atoms with Gasteiger partial charge >= 0.3 is 6.03 Å². The highest BCUT2D eigenvalue weighted by Crippen LogP contribution is 2.19. The molecule has 11 heteroatoms. The van der Waals surface area contributed by atoms with Crippen molar-refractivity contribution in [1.29, 1.82) is 0 Å². The van der Waals surface area contributed by atoms with Crippen LogP contribution in [0.1, 0.15) is 10.6 Å². The first kappa shape index (κ1) is 20.8. The normalized spacial score (nSPS) is 12.2. The number of urea groups is 1. The van der Waals surface area contributed by atoms with E-state index in [1.807, 2.05) is 19.0 Å². The Balaban J connectivity index is 1.50. The minimum atomic E-state index is -0.565. The van der Waals surface area contributed by atoms with Gasteiger partial charge in [0, 0.05) is 19.2 Å². The fourth-order valence-corrected chi connectivity index (χ4v) is 3.45. The molecule has 3 N–H and O–H groups in total. The van der Waals surface area contributed by atoms with Gasteiger partial charge in [-0.1, -0.05) is 23.5 Å². The Morgan fingerprint density at radius 2 is 2.17 bits per heavy atom. The third kappa shape index (κ3) is 6.59. The van der Waals surface area contributed by atoms with Crippen molar-refractivity contribution in [2.24, 2.45) is 0 Å². The predicted octanol–water partition coefficient (Wildman–Crippen LogP) is 2.03. The molecule has 0 saturated carbocycles. The summed E-state index contributed by atoms with van der Waals surface area (Å²) in [5, 5.41) is 28.3. The molecule has 1 unspecified atom stereocenters. The van der Waals surface area contributed by atoms with Crippen LogP contribution in [0.15, 0.2) is 36.7 Å². The Labute approximate surface area is 171 Å². The maximum Gasteiger partial charge on any atom is 0.325 e. The average molecular weight is 419 g/mol. The minimum Gasteiger partial charge on any atom is -0.390 e. The van der Waals surface area contributed by atoms with Crippen molar-refractivity contribution in [1.82, 2.24) is 24.9 Å². The summed E-state index contributed by atoms with van der Waals surface area (Å²) >= 11 is 1.22. The number of carbonyl (C=O) groups is 1. The van der Waals surface area contributed by atoms with E-state index in [-0.39, 0.29) is 5.82 Å². The summed E-state index contributed by atoms with van der Waals surface area (Å²) in [5.41, 5.74) is 1.27. The van der Waals surface area contributed by atoms with E-state index in [4.69, 9.17) is 0 Å². The van der Waals surface area contributed by atoms with Crippen molar-refractivity contribution in [3.05, 3.63) is 53.0 Å². The van der Waals surface area contributed by atoms with E-state index in [0.29, 0.717) is 35.3 Å². The first-order chi connectivity index (χ1) is 13.9. The monoisotopic (exact) mass is 419 g/mol. The number of nitrogens with zero attached hydrogens (tertiary/aromatic N) is 5. The van der Waals surface area contributed by atoms with E-state index in [1.165, 1.54) is 29.7 Å². The Morgan fingerprint density at radius 3 is 2.93 bits per heavy atom. The summed E-state index contributed by atoms with van der Waals surface area (Å²) in [6.07, 6.45) is 3.00. The smallest absolute Gasteiger partial charge is 0.325 e. The minimum absolute atomic E-state index is 0.306. The van der Waals surface area contributed by atoms with Crippen LogP contribution >= 0.6 is 11.3 Å². The van der Waals surface area contributed by atoms with Crippen LogP contribution in [0.4, 0.5) is 20.0 Å². The second-order valence-corrected chi connectivity index (χ2v) is 7.82. The highest BCUT2D eigenvalue weighted by Gasteiger charge is 2.12. The molecule has 1 atom stereocenters. The van der Waals surface area contributed by atoms with E-state index >= 15 is 0 Å². The van der Waals surface area contributed by atoms with Crippen molar-refractivity contribution in [2.45, 2.75) is 19.1 Å². The number of likely N-dealkylation sites (N-methyl/N-ethyl adjacent to an activating group) is 1. The van der Waals surface area contributed by atoms with Gasteiger partial charge in [-0.3, -0.25) is 10.00 Å². The van der Waals surface area contributed by atoms with Crippen molar-refractivity contribution < 1.29 is 14.3 Å². The lowest BCUT2D eigenvalue weighted by Crippen LogP contribution is -2.29. The molecule has 0 aliphatic heterocycles. The van der Waals surface area contributed by atoms with E-state index in [0.717, 1.165) is 5.56 Å². The molecule has 2 aromatic heterocycles. The molecule has 2 amide bonds. The molecule has 0 spiro atoms. The Kier molecular flexibility index (Phi) is 6.86. The number of halogens is 1. The molecule has 0 aliphatic rings. The van der Waals surface area contributed by atoms with E-state index < -0.39 is 12.1 Å². The first-order valence-electron chi connectivity index (χ1n) is 8.87. The Hall–Kier alpha value is -2.89. The largest absolute Gasteiger partial charge is 0.390 e. The molecule has 0 saturated heterocycles. The number of carbonyl (C=O) groups excluding carboxylic acids is 1. The molecule has 1 aromatic carbocycles. The molecule has 9 nitrogen and oxygen atoms in total. The van der Waals surface area contributed by atoms with Gasteiger partial charge in [0.1, 0.15) is 10.8 Å². The van der Waals surface area contributed by atoms with Gasteiger partial charge in [-0.15, -0.1) is 10.2 Å². The number of aliphatic hydroxyl groups is 1. The van der Waals surface area contributed by atoms with Crippen LogP contribution in [0.2, 0.25) is 0 Å². The molecular weight excluding hydrogens is 397 g/mol. The molecule has 0 aliphatic carbocycles. The van der Waals surface area contributed by atoms with Gasteiger partial charge in [0.2, 0.25) is 5.13 Å². The number of aliphatic hydroxyl groups excluding tert-OH is 1. The highest BCUT2D eigenvalue weighted by atomic mass is 32.1. The van der Waals surface area contributed by atoms with E-state index in [1.54, 1.807) is 23.0 Å². The number of aromatic nitrogens is 4. The van der Waals surface area contributed by atoms with Crippen molar-refractivity contribution >= 4 is 28.2 Å². The summed E-state index contributed by atoms with van der Waals surface area (Å²) in [4.78, 5) is 14.0. The van der Waals surface area contributed by atoms with Gasteiger partial charge in [-0.25, -0.2) is 9.18 Å². The second kappa shape index (κ2) is 9.54. The number of hydrogen-bond donors (Lipinski definition) is 3. The summed E-state index contributed by atoms with van der Waals surface area (Å²) in [5.74, 6) is -0.306. The Morgan fingerprint density at radius 1 is 1.34 bits per heavy atom. The topological polar surface area (TPSA) is 108 Å². The fourth-order valence-electron chi connectivity index (χ4n) is 2.68. The number of rotatable bonds is 8. The molecule has 0 radical (unpaired) electrons. The first-order valence-corrected chi connectivity index (χ1v) is 9.69. The zero-order valence-electron chi connectivity index (χ0n) is 16.0. The number of benzene rings is 1. The van der Waals surface area contributed by atoms with E-state index in [2.05, 4.69) is 25.9 Å². The molecule has 3 aromatic rings. The summed E-state index contributed by atoms with van der Waals surface area (Å²) in [6.45, 7) is 0.833. The van der Waals surface area contributed by atoms with Crippen LogP contribution < -0.4 is 10.6 Å². The van der Waals surface area contributed by atoms with Gasteiger partial charge < -0.3 is 15.3 Å². The van der Waals surface area contributed by atoms with Crippen molar-refractivity contribution in [3.8, 4) is 0 Å². The molecule has 2 heterocycles. The predicted molar refractivity (Wildman–Crippen MR) is 109 cm³/mol. The SMILES string of the molecule is CN(C)CC(O)Cn1cc(NC(=O)Nc2nnc(Cc3cccc(F)c3)s2)cn1. The van der Waals surface area contributed by atoms with Crippen LogP contribution in [-0.2, 0) is 13.0 Å². The molecular formula is C18H22FN7O2S. The maximum absolute atomic E-state index is 13.3. The number of amides is 2. The molecule has 0 fully saturated rings. The van der Waals surface area contributed by atoms with Gasteiger partial charge in [-0.2, -0.15) is 5.10 Å². The Bertz CT molecular complexity index is 959. The van der Waals surface area contributed by atoms with Gasteiger partial charge in [0.15, 0.2) is 0 Å². The lowest BCUT2D eigenvalue weighted by atomic mass is 10.1. The van der Waals surface area contributed by atoms with Crippen LogP contribution in [0.3, 0.4) is 0 Å². The highest BCUT2D eigenvalue weighted by molar-refractivity contribution is 7.15. The van der Waals surface area contributed by atoms with E-state index in [9.17, 15) is 14.3 Å². The quantitative estimate of drug-likeness (QED) is 0.516. The average Bonchev–Trinajstić information content (AvgIpc) is 3.23. The lowest BCUT2D eigenvalue weighted by molar-refractivity contribution is 0.116. The number of nitrogens with one attached hydrogen (secondary N) is 2. The standard InChI is InChI=1S/C18H22FN7O2S/c1-25(2)10-15(27)11-26-9-14(8-20-26)21-17(28)22-18-24-23-16(29-18)7-12-4-3-5-13(19)6-12/h3-6,8-9,15,27H,7,10-11H2,1-2H3,(H2,21,22,24,28). The summed E-state index contributed by atoms with van der Waals surface area (Å²) in [6, 6.07) is 5.78. The summed E-state index contributed by atoms with van der Waals surface area (Å²) < 4.78 is 14.8. The molecule has 0 bridgehead atoms. The molecule has 154 valence electrons. The van der Waals surface area contributed by atoms with Crippen molar-refractivity contribution in [3.63, 3.8) is 0 Å². The van der Waals surface area contributed by atoms with Crippen molar-refractivity contribution in [2.75, 3.05) is 31.3 Å². The van der Waals surface area contributed by atoms with Crippen LogP contribution in [0.5, 0.6) is 0 Å². The lowest BCUT2D eigenvalue weighted by Gasteiger charge is -2.15. The number of hydrogen-bond acceptors (Lipinski definition) is 7. The second-order valence-electron chi connectivity index (χ2n) is 6.75. The third-order valence-corrected chi connectivity index (χ3v) is 4.64. The van der Waals surface area contributed by atoms with Gasteiger partial charge in [-0.05, 0) is 31.8 Å².